The topological polar surface area (TPSA) is 87.9 Å². The Morgan fingerprint density at radius 1 is 1.32 bits per heavy atom. The molecule has 0 aliphatic carbocycles. The van der Waals surface area contributed by atoms with Gasteiger partial charge in [0.05, 0.1) is 23.2 Å². The van der Waals surface area contributed by atoms with E-state index in [4.69, 9.17) is 25.2 Å². The predicted molar refractivity (Wildman–Crippen MR) is 69.6 cm³/mol. The number of benzene rings is 1. The molecule has 0 amide bonds. The van der Waals surface area contributed by atoms with Gasteiger partial charge in [-0.3, -0.25) is 19.2 Å². The molecule has 0 bridgehead atoms. The van der Waals surface area contributed by atoms with Crippen LogP contribution >= 0.6 is 19.4 Å². The molecule has 7 nitrogen and oxygen atoms in total. The third-order valence-corrected chi connectivity index (χ3v) is 3.78. The highest BCUT2D eigenvalue weighted by molar-refractivity contribution is 7.48. The largest absolute Gasteiger partial charge is 0.530 e. The Bertz CT molecular complexity index is 499. The fraction of sp³-hybridized carbons (Fsp3) is 0.400. The minimum atomic E-state index is -3.76. The molecule has 0 aliphatic heterocycles. The Labute approximate surface area is 115 Å². The van der Waals surface area contributed by atoms with Crippen LogP contribution in [0.4, 0.5) is 5.69 Å². The number of nitrogens with zero attached hydrogens (tertiary/aromatic N) is 1. The molecule has 0 N–H and O–H groups in total. The number of halogens is 1. The van der Waals surface area contributed by atoms with Gasteiger partial charge in [0, 0.05) is 12.1 Å². The lowest BCUT2D eigenvalue weighted by atomic mass is 10.3. The Morgan fingerprint density at radius 2 is 1.89 bits per heavy atom. The van der Waals surface area contributed by atoms with Crippen molar-refractivity contribution in [3.63, 3.8) is 0 Å². The molecule has 0 unspecified atom stereocenters. The van der Waals surface area contributed by atoms with Crippen LogP contribution in [0.15, 0.2) is 18.2 Å². The van der Waals surface area contributed by atoms with E-state index in [0.717, 1.165) is 6.07 Å². The summed E-state index contributed by atoms with van der Waals surface area (Å²) in [6.45, 7) is 3.52. The van der Waals surface area contributed by atoms with Gasteiger partial charge < -0.3 is 4.52 Å². The summed E-state index contributed by atoms with van der Waals surface area (Å²) < 4.78 is 27.0. The maximum Gasteiger partial charge on any atom is 0.530 e. The molecule has 0 saturated carbocycles. The van der Waals surface area contributed by atoms with Crippen molar-refractivity contribution in [1.82, 2.24) is 0 Å². The van der Waals surface area contributed by atoms with E-state index in [1.54, 1.807) is 13.8 Å². The van der Waals surface area contributed by atoms with E-state index in [9.17, 15) is 14.7 Å². The molecular formula is C10H13ClNO6P. The summed E-state index contributed by atoms with van der Waals surface area (Å²) in [7, 11) is -3.76. The third kappa shape index (κ3) is 4.47. The minimum Gasteiger partial charge on any atom is -0.402 e. The molecule has 1 aromatic rings. The van der Waals surface area contributed by atoms with Crippen LogP contribution in [0.25, 0.3) is 0 Å². The quantitative estimate of drug-likeness (QED) is 0.432. The van der Waals surface area contributed by atoms with Crippen LogP contribution < -0.4 is 4.52 Å². The first kappa shape index (κ1) is 15.9. The van der Waals surface area contributed by atoms with E-state index in [1.807, 2.05) is 0 Å². The second-order valence-corrected chi connectivity index (χ2v) is 5.25. The number of nitro benzene ring substituents is 1. The SMILES string of the molecule is CCOP(=O)(OCC)Oc1ccc([N+](=O)[O-])cc1Cl. The van der Waals surface area contributed by atoms with Crippen molar-refractivity contribution in [2.24, 2.45) is 0 Å². The highest BCUT2D eigenvalue weighted by Gasteiger charge is 2.28. The van der Waals surface area contributed by atoms with E-state index < -0.39 is 12.7 Å². The van der Waals surface area contributed by atoms with E-state index >= 15 is 0 Å². The Hall–Kier alpha value is -1.14. The molecule has 0 aliphatic rings. The minimum absolute atomic E-state index is 0.00231. The van der Waals surface area contributed by atoms with Crippen LogP contribution in [0.3, 0.4) is 0 Å². The van der Waals surface area contributed by atoms with Gasteiger partial charge in [-0.1, -0.05) is 11.6 Å². The maximum atomic E-state index is 12.1. The summed E-state index contributed by atoms with van der Waals surface area (Å²) in [5, 5.41) is 10.5. The fourth-order valence-electron chi connectivity index (χ4n) is 1.20. The number of phosphoric ester groups is 1. The predicted octanol–water partition coefficient (Wildman–Crippen LogP) is 3.81. The fourth-order valence-corrected chi connectivity index (χ4v) is 2.68. The van der Waals surface area contributed by atoms with Gasteiger partial charge >= 0.3 is 7.82 Å². The van der Waals surface area contributed by atoms with Crippen molar-refractivity contribution < 1.29 is 23.1 Å². The standard InChI is InChI=1S/C10H13ClNO6P/c1-3-16-19(15,17-4-2)18-10-6-5-8(12(13)14)7-9(10)11/h5-7H,3-4H2,1-2H3. The van der Waals surface area contributed by atoms with Crippen LogP contribution in [0.2, 0.25) is 5.02 Å². The van der Waals surface area contributed by atoms with Gasteiger partial charge in [-0.05, 0) is 19.9 Å². The monoisotopic (exact) mass is 309 g/mol. The number of non-ortho nitro benzene ring substituents is 1. The van der Waals surface area contributed by atoms with Gasteiger partial charge in [0.1, 0.15) is 0 Å². The lowest BCUT2D eigenvalue weighted by Crippen LogP contribution is -2.02. The summed E-state index contributed by atoms with van der Waals surface area (Å²) in [5.41, 5.74) is -0.194. The molecule has 106 valence electrons. The van der Waals surface area contributed by atoms with Gasteiger partial charge in [0.15, 0.2) is 5.75 Å². The lowest BCUT2D eigenvalue weighted by molar-refractivity contribution is -0.384. The Morgan fingerprint density at radius 3 is 2.32 bits per heavy atom. The van der Waals surface area contributed by atoms with E-state index in [2.05, 4.69) is 0 Å². The molecule has 19 heavy (non-hydrogen) atoms. The maximum absolute atomic E-state index is 12.1. The molecule has 0 saturated heterocycles. The first-order valence-corrected chi connectivity index (χ1v) is 7.28. The summed E-state index contributed by atoms with van der Waals surface area (Å²) in [4.78, 5) is 9.96. The normalized spacial score (nSPS) is 11.3. The number of phosphoric acid groups is 1. The van der Waals surface area contributed by atoms with Crippen LogP contribution in [-0.4, -0.2) is 18.1 Å². The van der Waals surface area contributed by atoms with Crippen LogP contribution in [0.1, 0.15) is 13.8 Å². The lowest BCUT2D eigenvalue weighted by Gasteiger charge is -2.17. The van der Waals surface area contributed by atoms with Crippen molar-refractivity contribution in [3.05, 3.63) is 33.3 Å². The smallest absolute Gasteiger partial charge is 0.402 e. The molecule has 1 aromatic carbocycles. The molecule has 1 rings (SSSR count). The summed E-state index contributed by atoms with van der Waals surface area (Å²) in [5.74, 6) is -0.00231. The van der Waals surface area contributed by atoms with Gasteiger partial charge in [-0.2, -0.15) is 0 Å². The van der Waals surface area contributed by atoms with E-state index in [0.29, 0.717) is 0 Å². The molecule has 9 heteroatoms. The zero-order valence-electron chi connectivity index (χ0n) is 10.4. The number of rotatable bonds is 7. The second kappa shape index (κ2) is 6.86. The third-order valence-electron chi connectivity index (χ3n) is 1.91. The zero-order chi connectivity index (χ0) is 14.5. The van der Waals surface area contributed by atoms with Crippen molar-refractivity contribution in [1.29, 1.82) is 0 Å². The zero-order valence-corrected chi connectivity index (χ0v) is 12.0. The summed E-state index contributed by atoms with van der Waals surface area (Å²) in [6, 6.07) is 3.52. The summed E-state index contributed by atoms with van der Waals surface area (Å²) >= 11 is 5.82. The Balaban J connectivity index is 2.97. The molecular weight excluding hydrogens is 297 g/mol. The second-order valence-electron chi connectivity index (χ2n) is 3.25. The molecule has 0 fully saturated rings. The van der Waals surface area contributed by atoms with E-state index in [1.165, 1.54) is 12.1 Å². The number of hydrogen-bond donors (Lipinski definition) is 0. The number of hydrogen-bond acceptors (Lipinski definition) is 6. The molecule has 0 radical (unpaired) electrons. The van der Waals surface area contributed by atoms with Crippen LogP contribution in [0.5, 0.6) is 5.75 Å². The summed E-state index contributed by atoms with van der Waals surface area (Å²) in [6.07, 6.45) is 0. The van der Waals surface area contributed by atoms with Gasteiger partial charge in [0.2, 0.25) is 0 Å². The van der Waals surface area contributed by atoms with Crippen molar-refractivity contribution in [2.45, 2.75) is 13.8 Å². The highest BCUT2D eigenvalue weighted by atomic mass is 35.5. The molecule has 0 aromatic heterocycles. The first-order chi connectivity index (χ1) is 8.91. The van der Waals surface area contributed by atoms with Crippen LogP contribution in [0, 0.1) is 10.1 Å². The van der Waals surface area contributed by atoms with Crippen molar-refractivity contribution >= 4 is 25.1 Å². The first-order valence-electron chi connectivity index (χ1n) is 5.44. The van der Waals surface area contributed by atoms with Crippen molar-refractivity contribution in [2.75, 3.05) is 13.2 Å². The number of nitro groups is 1. The molecule has 0 atom stereocenters. The average Bonchev–Trinajstić information content (AvgIpc) is 2.32. The van der Waals surface area contributed by atoms with Crippen LogP contribution in [-0.2, 0) is 13.6 Å². The molecule has 0 heterocycles. The van der Waals surface area contributed by atoms with Gasteiger partial charge in [0.25, 0.3) is 5.69 Å². The van der Waals surface area contributed by atoms with Crippen molar-refractivity contribution in [3.8, 4) is 5.75 Å². The Kier molecular flexibility index (Phi) is 5.75. The molecule has 0 spiro atoms. The van der Waals surface area contributed by atoms with Gasteiger partial charge in [-0.15, -0.1) is 0 Å². The van der Waals surface area contributed by atoms with Gasteiger partial charge in [-0.25, -0.2) is 4.57 Å². The average molecular weight is 310 g/mol. The van der Waals surface area contributed by atoms with E-state index in [-0.39, 0.29) is 29.7 Å². The highest BCUT2D eigenvalue weighted by Crippen LogP contribution is 2.50.